The van der Waals surface area contributed by atoms with Gasteiger partial charge in [-0.2, -0.15) is 0 Å². The number of imide groups is 1. The van der Waals surface area contributed by atoms with Crippen LogP contribution < -0.4 is 11.1 Å². The summed E-state index contributed by atoms with van der Waals surface area (Å²) in [5.41, 5.74) is 8.71. The van der Waals surface area contributed by atoms with E-state index < -0.39 is 17.5 Å². The smallest absolute Gasteiger partial charge is 0.325 e. The first-order valence-electron chi connectivity index (χ1n) is 9.03. The van der Waals surface area contributed by atoms with Gasteiger partial charge in [0.2, 0.25) is 5.91 Å². The summed E-state index contributed by atoms with van der Waals surface area (Å²) in [6.45, 7) is 1.89. The topological polar surface area (TPSA) is 92.5 Å². The molecule has 2 aliphatic rings. The van der Waals surface area contributed by atoms with E-state index in [0.717, 1.165) is 30.4 Å². The molecule has 1 aliphatic heterocycles. The van der Waals surface area contributed by atoms with Crippen LogP contribution in [0.15, 0.2) is 42.5 Å². The Morgan fingerprint density at radius 2 is 1.81 bits per heavy atom. The van der Waals surface area contributed by atoms with Crippen molar-refractivity contribution in [1.82, 2.24) is 10.2 Å². The third kappa shape index (κ3) is 2.87. The van der Waals surface area contributed by atoms with Crippen molar-refractivity contribution >= 4 is 17.8 Å². The number of aryl methyl sites for hydroxylation is 2. The molecular weight excluding hydrogens is 342 g/mol. The summed E-state index contributed by atoms with van der Waals surface area (Å²) in [6.07, 6.45) is 3.21. The molecule has 1 aliphatic carbocycles. The molecule has 138 valence electrons. The number of nitrogens with zero attached hydrogens (tertiary/aromatic N) is 1. The number of fused-ring (bicyclic) bond motifs is 1. The standard InChI is InChI=1S/C21H21N3O3/c1-21(17-10-9-14-3-2-4-16(14)11-17)19(26)24(20(27)23-21)12-13-5-7-15(8-6-13)18(22)25/h5-11H,2-4,12H2,1H3,(H2,22,25)(H,23,27). The van der Waals surface area contributed by atoms with Gasteiger partial charge in [0.15, 0.2) is 0 Å². The van der Waals surface area contributed by atoms with Gasteiger partial charge in [0.1, 0.15) is 5.54 Å². The van der Waals surface area contributed by atoms with Gasteiger partial charge in [0, 0.05) is 5.56 Å². The number of hydrogen-bond donors (Lipinski definition) is 2. The predicted octanol–water partition coefficient (Wildman–Crippen LogP) is 2.24. The summed E-state index contributed by atoms with van der Waals surface area (Å²) in [5, 5.41) is 2.85. The monoisotopic (exact) mass is 363 g/mol. The van der Waals surface area contributed by atoms with Crippen LogP contribution in [0, 0.1) is 0 Å². The quantitative estimate of drug-likeness (QED) is 0.816. The zero-order chi connectivity index (χ0) is 19.2. The van der Waals surface area contributed by atoms with Gasteiger partial charge in [-0.05, 0) is 60.6 Å². The highest BCUT2D eigenvalue weighted by atomic mass is 16.2. The average Bonchev–Trinajstić information content (AvgIpc) is 3.20. The predicted molar refractivity (Wildman–Crippen MR) is 99.9 cm³/mol. The Bertz CT molecular complexity index is 952. The maximum Gasteiger partial charge on any atom is 0.325 e. The molecule has 4 rings (SSSR count). The second-order valence-electron chi connectivity index (χ2n) is 7.34. The van der Waals surface area contributed by atoms with E-state index >= 15 is 0 Å². The minimum Gasteiger partial charge on any atom is -0.366 e. The van der Waals surface area contributed by atoms with Gasteiger partial charge in [0.25, 0.3) is 5.91 Å². The van der Waals surface area contributed by atoms with E-state index in [0.29, 0.717) is 5.56 Å². The summed E-state index contributed by atoms with van der Waals surface area (Å²) >= 11 is 0. The molecule has 6 nitrogen and oxygen atoms in total. The lowest BCUT2D eigenvalue weighted by atomic mass is 9.89. The number of primary amides is 1. The number of amides is 4. The van der Waals surface area contributed by atoms with Gasteiger partial charge in [-0.25, -0.2) is 4.79 Å². The minimum atomic E-state index is -1.07. The number of nitrogens with two attached hydrogens (primary N) is 1. The lowest BCUT2D eigenvalue weighted by molar-refractivity contribution is -0.131. The fourth-order valence-corrected chi connectivity index (χ4v) is 3.88. The first-order valence-corrected chi connectivity index (χ1v) is 9.03. The van der Waals surface area contributed by atoms with Crippen LogP contribution in [0.3, 0.4) is 0 Å². The van der Waals surface area contributed by atoms with Crippen LogP contribution in [0.5, 0.6) is 0 Å². The van der Waals surface area contributed by atoms with Crippen molar-refractivity contribution in [2.45, 2.75) is 38.3 Å². The second-order valence-corrected chi connectivity index (χ2v) is 7.34. The highest BCUT2D eigenvalue weighted by molar-refractivity contribution is 6.07. The number of rotatable bonds is 4. The number of carbonyl (C=O) groups excluding carboxylic acids is 3. The third-order valence-electron chi connectivity index (χ3n) is 5.53. The summed E-state index contributed by atoms with van der Waals surface area (Å²) in [7, 11) is 0. The molecule has 0 aromatic heterocycles. The Morgan fingerprint density at radius 3 is 2.52 bits per heavy atom. The second kappa shape index (κ2) is 6.23. The van der Waals surface area contributed by atoms with Gasteiger partial charge >= 0.3 is 6.03 Å². The van der Waals surface area contributed by atoms with Crippen LogP contribution >= 0.6 is 0 Å². The normalized spacial score (nSPS) is 21.3. The first kappa shape index (κ1) is 17.3. The van der Waals surface area contributed by atoms with Crippen molar-refractivity contribution in [3.63, 3.8) is 0 Å². The van der Waals surface area contributed by atoms with E-state index in [1.54, 1.807) is 31.2 Å². The maximum atomic E-state index is 13.1. The van der Waals surface area contributed by atoms with Gasteiger partial charge < -0.3 is 11.1 Å². The molecule has 0 spiro atoms. The van der Waals surface area contributed by atoms with E-state index in [9.17, 15) is 14.4 Å². The highest BCUT2D eigenvalue weighted by Gasteiger charge is 2.49. The fourth-order valence-electron chi connectivity index (χ4n) is 3.88. The summed E-state index contributed by atoms with van der Waals surface area (Å²) in [4.78, 5) is 38.0. The van der Waals surface area contributed by atoms with E-state index in [-0.39, 0.29) is 12.5 Å². The lowest BCUT2D eigenvalue weighted by Crippen LogP contribution is -2.40. The molecule has 6 heteroatoms. The Hall–Kier alpha value is -3.15. The number of urea groups is 1. The zero-order valence-corrected chi connectivity index (χ0v) is 15.1. The Kier molecular flexibility index (Phi) is 3.98. The molecule has 0 bridgehead atoms. The van der Waals surface area contributed by atoms with Crippen LogP contribution in [0.4, 0.5) is 4.79 Å². The molecule has 1 fully saturated rings. The Labute approximate surface area is 157 Å². The molecule has 2 aromatic carbocycles. The number of benzene rings is 2. The van der Waals surface area contributed by atoms with Crippen molar-refractivity contribution in [3.8, 4) is 0 Å². The molecule has 4 amide bonds. The van der Waals surface area contributed by atoms with Crippen LogP contribution in [0.2, 0.25) is 0 Å². The summed E-state index contributed by atoms with van der Waals surface area (Å²) in [6, 6.07) is 12.2. The molecule has 27 heavy (non-hydrogen) atoms. The van der Waals surface area contributed by atoms with Gasteiger partial charge in [0.05, 0.1) is 6.54 Å². The molecule has 1 saturated heterocycles. The minimum absolute atomic E-state index is 0.143. The maximum absolute atomic E-state index is 13.1. The SMILES string of the molecule is CC1(c2ccc3c(c2)CCC3)NC(=O)N(Cc2ccc(C(N)=O)cc2)C1=O. The third-order valence-corrected chi connectivity index (χ3v) is 5.53. The van der Waals surface area contributed by atoms with Crippen LogP contribution in [-0.4, -0.2) is 22.7 Å². The van der Waals surface area contributed by atoms with Crippen molar-refractivity contribution in [2.24, 2.45) is 5.73 Å². The molecule has 3 N–H and O–H groups in total. The molecule has 1 heterocycles. The highest BCUT2D eigenvalue weighted by Crippen LogP contribution is 2.33. The van der Waals surface area contributed by atoms with E-state index in [4.69, 9.17) is 5.73 Å². The molecule has 2 aromatic rings. The van der Waals surface area contributed by atoms with Crippen molar-refractivity contribution < 1.29 is 14.4 Å². The van der Waals surface area contributed by atoms with Crippen LogP contribution in [0.1, 0.15) is 46.0 Å². The van der Waals surface area contributed by atoms with E-state index in [1.807, 2.05) is 12.1 Å². The first-order chi connectivity index (χ1) is 12.9. The Morgan fingerprint density at radius 1 is 1.11 bits per heavy atom. The lowest BCUT2D eigenvalue weighted by Gasteiger charge is -2.23. The summed E-state index contributed by atoms with van der Waals surface area (Å²) < 4.78 is 0. The van der Waals surface area contributed by atoms with E-state index in [2.05, 4.69) is 11.4 Å². The van der Waals surface area contributed by atoms with Crippen molar-refractivity contribution in [3.05, 3.63) is 70.3 Å². The summed E-state index contributed by atoms with van der Waals surface area (Å²) in [5.74, 6) is -0.787. The molecule has 0 radical (unpaired) electrons. The van der Waals surface area contributed by atoms with Crippen LogP contribution in [0.25, 0.3) is 0 Å². The van der Waals surface area contributed by atoms with E-state index in [1.165, 1.54) is 16.0 Å². The molecule has 0 saturated carbocycles. The molecular formula is C21H21N3O3. The number of nitrogens with one attached hydrogen (secondary N) is 1. The average molecular weight is 363 g/mol. The van der Waals surface area contributed by atoms with Crippen molar-refractivity contribution in [2.75, 3.05) is 0 Å². The van der Waals surface area contributed by atoms with Crippen LogP contribution in [-0.2, 0) is 29.7 Å². The zero-order valence-electron chi connectivity index (χ0n) is 15.1. The Balaban J connectivity index is 1.58. The van der Waals surface area contributed by atoms with Crippen molar-refractivity contribution in [1.29, 1.82) is 0 Å². The molecule has 1 unspecified atom stereocenters. The van der Waals surface area contributed by atoms with Gasteiger partial charge in [-0.1, -0.05) is 30.3 Å². The number of hydrogen-bond acceptors (Lipinski definition) is 3. The largest absolute Gasteiger partial charge is 0.366 e. The van der Waals surface area contributed by atoms with Gasteiger partial charge in [-0.3, -0.25) is 14.5 Å². The number of carbonyl (C=O) groups is 3. The van der Waals surface area contributed by atoms with Gasteiger partial charge in [-0.15, -0.1) is 0 Å². The molecule has 1 atom stereocenters. The fraction of sp³-hybridized carbons (Fsp3) is 0.286.